The van der Waals surface area contributed by atoms with Gasteiger partial charge in [0.2, 0.25) is 0 Å². The first kappa shape index (κ1) is 27.0. The Balaban J connectivity index is 1.21. The molecular formula is C30H34N8O2. The molecule has 0 aliphatic carbocycles. The quantitative estimate of drug-likeness (QED) is 0.235. The molecule has 2 heterocycles. The molecule has 0 aliphatic rings. The van der Waals surface area contributed by atoms with Gasteiger partial charge >= 0.3 is 0 Å². The third kappa shape index (κ3) is 6.90. The second kappa shape index (κ2) is 12.5. The van der Waals surface area contributed by atoms with Crippen LogP contribution < -0.4 is 9.47 Å². The van der Waals surface area contributed by atoms with Crippen molar-refractivity contribution in [1.82, 2.24) is 39.8 Å². The molecule has 0 atom stereocenters. The van der Waals surface area contributed by atoms with Crippen molar-refractivity contribution in [2.45, 2.75) is 0 Å². The van der Waals surface area contributed by atoms with Crippen molar-refractivity contribution in [2.24, 2.45) is 0 Å². The molecular weight excluding hydrogens is 504 g/mol. The molecule has 0 N–H and O–H groups in total. The van der Waals surface area contributed by atoms with Crippen LogP contribution in [0.15, 0.2) is 85.2 Å². The Morgan fingerprint density at radius 2 is 0.925 bits per heavy atom. The zero-order valence-corrected chi connectivity index (χ0v) is 23.3. The Hall–Kier alpha value is -4.54. The molecule has 2 aromatic heterocycles. The lowest BCUT2D eigenvalue weighted by Gasteiger charge is -2.11. The van der Waals surface area contributed by atoms with Crippen molar-refractivity contribution < 1.29 is 9.47 Å². The van der Waals surface area contributed by atoms with Gasteiger partial charge in [0.25, 0.3) is 0 Å². The third-order valence-corrected chi connectivity index (χ3v) is 6.28. The topological polar surface area (TPSA) is 86.4 Å². The summed E-state index contributed by atoms with van der Waals surface area (Å²) in [6, 6.07) is 23.8. The van der Waals surface area contributed by atoms with Crippen LogP contribution in [0.25, 0.3) is 33.9 Å². The lowest BCUT2D eigenvalue weighted by molar-refractivity contribution is 0.261. The van der Waals surface area contributed by atoms with Gasteiger partial charge in [0.1, 0.15) is 36.1 Å². The SMILES string of the molecule is CN(C)CCOc1ccc(-n2cc(-c3ccc(-c4cn(-c5ccc(OCCN(C)C)cc5)nn4)cc3)nn2)cc1. The number of rotatable bonds is 12. The van der Waals surface area contributed by atoms with E-state index in [1.54, 1.807) is 9.36 Å². The molecule has 40 heavy (non-hydrogen) atoms. The summed E-state index contributed by atoms with van der Waals surface area (Å²) >= 11 is 0. The van der Waals surface area contributed by atoms with Gasteiger partial charge in [-0.05, 0) is 76.7 Å². The average molecular weight is 539 g/mol. The molecule has 0 saturated heterocycles. The van der Waals surface area contributed by atoms with E-state index in [1.807, 2.05) is 113 Å². The molecule has 206 valence electrons. The number of hydrogen-bond acceptors (Lipinski definition) is 8. The van der Waals surface area contributed by atoms with E-state index in [9.17, 15) is 0 Å². The third-order valence-electron chi connectivity index (χ3n) is 6.28. The summed E-state index contributed by atoms with van der Waals surface area (Å²) in [6.45, 7) is 3.03. The molecule has 0 unspecified atom stereocenters. The van der Waals surface area contributed by atoms with E-state index in [1.165, 1.54) is 0 Å². The van der Waals surface area contributed by atoms with Crippen LogP contribution in [0.4, 0.5) is 0 Å². The summed E-state index contributed by atoms with van der Waals surface area (Å²) in [6.07, 6.45) is 3.84. The smallest absolute Gasteiger partial charge is 0.119 e. The van der Waals surface area contributed by atoms with E-state index in [2.05, 4.69) is 30.4 Å². The van der Waals surface area contributed by atoms with E-state index >= 15 is 0 Å². The summed E-state index contributed by atoms with van der Waals surface area (Å²) in [5, 5.41) is 17.3. The lowest BCUT2D eigenvalue weighted by Crippen LogP contribution is -2.19. The summed E-state index contributed by atoms with van der Waals surface area (Å²) in [4.78, 5) is 4.18. The maximum atomic E-state index is 5.78. The second-order valence-electron chi connectivity index (χ2n) is 9.97. The molecule has 0 saturated carbocycles. The minimum atomic E-state index is 0.645. The van der Waals surface area contributed by atoms with Crippen molar-refractivity contribution in [1.29, 1.82) is 0 Å². The zero-order valence-electron chi connectivity index (χ0n) is 23.3. The molecule has 10 nitrogen and oxygen atoms in total. The number of ether oxygens (including phenoxy) is 2. The fourth-order valence-corrected chi connectivity index (χ4v) is 3.94. The van der Waals surface area contributed by atoms with E-state index in [0.717, 1.165) is 58.5 Å². The van der Waals surface area contributed by atoms with Crippen LogP contribution >= 0.6 is 0 Å². The Morgan fingerprint density at radius 3 is 1.27 bits per heavy atom. The predicted octanol–water partition coefficient (Wildman–Crippen LogP) is 4.06. The highest BCUT2D eigenvalue weighted by Gasteiger charge is 2.09. The Bertz CT molecular complexity index is 1380. The number of hydrogen-bond donors (Lipinski definition) is 0. The van der Waals surface area contributed by atoms with Crippen LogP contribution in [0.1, 0.15) is 0 Å². The van der Waals surface area contributed by atoms with Crippen LogP contribution in [0.3, 0.4) is 0 Å². The van der Waals surface area contributed by atoms with Gasteiger partial charge in [-0.15, -0.1) is 10.2 Å². The monoisotopic (exact) mass is 538 g/mol. The second-order valence-corrected chi connectivity index (χ2v) is 9.97. The van der Waals surface area contributed by atoms with Crippen LogP contribution in [0.2, 0.25) is 0 Å². The number of likely N-dealkylation sites (N-methyl/N-ethyl adjacent to an activating group) is 2. The average Bonchev–Trinajstić information content (AvgIpc) is 3.65. The van der Waals surface area contributed by atoms with Crippen LogP contribution in [-0.4, -0.2) is 94.3 Å². The van der Waals surface area contributed by atoms with Crippen molar-refractivity contribution in [2.75, 3.05) is 54.5 Å². The fourth-order valence-electron chi connectivity index (χ4n) is 3.94. The first-order valence-corrected chi connectivity index (χ1v) is 13.2. The van der Waals surface area contributed by atoms with Crippen LogP contribution in [0, 0.1) is 0 Å². The molecule has 3 aromatic carbocycles. The van der Waals surface area contributed by atoms with Gasteiger partial charge in [-0.2, -0.15) is 0 Å². The number of nitrogens with zero attached hydrogens (tertiary/aromatic N) is 8. The van der Waals surface area contributed by atoms with Gasteiger partial charge < -0.3 is 19.3 Å². The van der Waals surface area contributed by atoms with Crippen molar-refractivity contribution in [3.05, 3.63) is 85.2 Å². The normalized spacial score (nSPS) is 11.3. The van der Waals surface area contributed by atoms with Crippen molar-refractivity contribution in [3.63, 3.8) is 0 Å². The largest absolute Gasteiger partial charge is 0.492 e. The fraction of sp³-hybridized carbons (Fsp3) is 0.267. The highest BCUT2D eigenvalue weighted by molar-refractivity contribution is 5.66. The first-order valence-electron chi connectivity index (χ1n) is 13.2. The number of aromatic nitrogens is 6. The van der Waals surface area contributed by atoms with E-state index in [0.29, 0.717) is 13.2 Å². The predicted molar refractivity (Wildman–Crippen MR) is 155 cm³/mol. The highest BCUT2D eigenvalue weighted by Crippen LogP contribution is 2.24. The zero-order chi connectivity index (χ0) is 27.9. The molecule has 0 amide bonds. The minimum absolute atomic E-state index is 0.645. The molecule has 0 spiro atoms. The first-order chi connectivity index (χ1) is 19.4. The van der Waals surface area contributed by atoms with Gasteiger partial charge in [-0.25, -0.2) is 9.36 Å². The molecule has 0 fully saturated rings. The Kier molecular flexibility index (Phi) is 8.48. The Labute approximate surface area is 234 Å². The molecule has 0 aliphatic heterocycles. The molecule has 0 bridgehead atoms. The minimum Gasteiger partial charge on any atom is -0.492 e. The van der Waals surface area contributed by atoms with Gasteiger partial charge in [0, 0.05) is 24.2 Å². The molecule has 10 heteroatoms. The summed E-state index contributed by atoms with van der Waals surface area (Å²) < 4.78 is 15.1. The van der Waals surface area contributed by atoms with E-state index < -0.39 is 0 Å². The molecule has 0 radical (unpaired) electrons. The van der Waals surface area contributed by atoms with E-state index in [-0.39, 0.29) is 0 Å². The maximum Gasteiger partial charge on any atom is 0.119 e. The standard InChI is InChI=1S/C30H34N8O2/c1-35(2)17-19-39-27-13-9-25(10-14-27)37-21-29(31-33-37)23-5-7-24(8-6-23)30-22-38(34-32-30)26-11-15-28(16-12-26)40-20-18-36(3)4/h5-16,21-22H,17-20H2,1-4H3. The van der Waals surface area contributed by atoms with E-state index in [4.69, 9.17) is 9.47 Å². The van der Waals surface area contributed by atoms with Gasteiger partial charge in [-0.1, -0.05) is 34.7 Å². The van der Waals surface area contributed by atoms with Crippen LogP contribution in [-0.2, 0) is 0 Å². The van der Waals surface area contributed by atoms with Gasteiger partial charge in [0.05, 0.1) is 23.8 Å². The number of benzene rings is 3. The summed E-state index contributed by atoms with van der Waals surface area (Å²) in [5.74, 6) is 1.67. The molecule has 5 rings (SSSR count). The summed E-state index contributed by atoms with van der Waals surface area (Å²) in [5.41, 5.74) is 5.34. The Morgan fingerprint density at radius 1 is 0.550 bits per heavy atom. The summed E-state index contributed by atoms with van der Waals surface area (Å²) in [7, 11) is 8.11. The maximum absolute atomic E-state index is 5.78. The van der Waals surface area contributed by atoms with Gasteiger partial charge in [0.15, 0.2) is 0 Å². The lowest BCUT2D eigenvalue weighted by atomic mass is 10.1. The molecule has 5 aromatic rings. The van der Waals surface area contributed by atoms with Crippen molar-refractivity contribution >= 4 is 0 Å². The van der Waals surface area contributed by atoms with Gasteiger partial charge in [-0.3, -0.25) is 0 Å². The highest BCUT2D eigenvalue weighted by atomic mass is 16.5. The van der Waals surface area contributed by atoms with Crippen molar-refractivity contribution in [3.8, 4) is 45.4 Å². The van der Waals surface area contributed by atoms with Crippen LogP contribution in [0.5, 0.6) is 11.5 Å².